The molecule has 1 unspecified atom stereocenters. The molecule has 0 aromatic heterocycles. The van der Waals surface area contributed by atoms with Gasteiger partial charge in [-0.2, -0.15) is 0 Å². The van der Waals surface area contributed by atoms with E-state index in [1.54, 1.807) is 62.4 Å². The lowest BCUT2D eigenvalue weighted by molar-refractivity contribution is -0.122. The molecule has 1 aliphatic heterocycles. The van der Waals surface area contributed by atoms with Crippen molar-refractivity contribution in [1.82, 2.24) is 4.90 Å². The number of nitrogens with one attached hydrogen (secondary N) is 1. The van der Waals surface area contributed by atoms with E-state index in [4.69, 9.17) is 26.4 Å². The summed E-state index contributed by atoms with van der Waals surface area (Å²) < 4.78 is 15.5. The number of imide groups is 1. The van der Waals surface area contributed by atoms with E-state index in [-0.39, 0.29) is 24.8 Å². The Hall–Kier alpha value is -4.44. The summed E-state index contributed by atoms with van der Waals surface area (Å²) in [5.41, 5.74) is 2.48. The van der Waals surface area contributed by atoms with Crippen LogP contribution in [0.15, 0.2) is 72.8 Å². The Labute approximate surface area is 238 Å². The van der Waals surface area contributed by atoms with Gasteiger partial charge in [0.2, 0.25) is 5.91 Å². The number of anilines is 2. The molecule has 0 bridgehead atoms. The minimum atomic E-state index is -0.797. The summed E-state index contributed by atoms with van der Waals surface area (Å²) in [6, 6.07) is 20.3. The Morgan fingerprint density at radius 2 is 1.55 bits per heavy atom. The zero-order chi connectivity index (χ0) is 28.6. The van der Waals surface area contributed by atoms with Crippen LogP contribution in [0, 0.1) is 0 Å². The maximum atomic E-state index is 13.7. The molecular formula is C30H31N3O6S. The molecule has 10 heteroatoms. The number of nitrogens with zero attached hydrogens (tertiary/aromatic N) is 2. The second-order valence-corrected chi connectivity index (χ2v) is 9.39. The topological polar surface area (TPSA) is 97.4 Å². The van der Waals surface area contributed by atoms with Crippen LogP contribution in [0.3, 0.4) is 0 Å². The second-order valence-electron chi connectivity index (χ2n) is 9.00. The predicted molar refractivity (Wildman–Crippen MR) is 156 cm³/mol. The highest BCUT2D eigenvalue weighted by Gasteiger charge is 2.43. The normalized spacial score (nSPS) is 14.6. The molecule has 4 rings (SSSR count). The van der Waals surface area contributed by atoms with Gasteiger partial charge in [0, 0.05) is 12.2 Å². The first-order chi connectivity index (χ1) is 19.3. The summed E-state index contributed by atoms with van der Waals surface area (Å²) in [5.74, 6) is 0.251. The van der Waals surface area contributed by atoms with Crippen LogP contribution in [0.5, 0.6) is 11.5 Å². The SMILES string of the molecule is CCOC(=O)c1ccc(N2C(=O)CC(N(CCc3ccc(OC)cc3)C(=S)Nc3ccc(OC)cc3)C2=O)cc1. The average molecular weight is 562 g/mol. The molecule has 40 heavy (non-hydrogen) atoms. The van der Waals surface area contributed by atoms with Crippen LogP contribution in [0.1, 0.15) is 29.3 Å². The molecule has 1 fully saturated rings. The molecule has 208 valence electrons. The van der Waals surface area contributed by atoms with Crippen molar-refractivity contribution in [1.29, 1.82) is 0 Å². The Morgan fingerprint density at radius 1 is 0.950 bits per heavy atom. The number of carbonyl (C=O) groups excluding carboxylic acids is 3. The summed E-state index contributed by atoms with van der Waals surface area (Å²) in [6.07, 6.45) is 0.548. The van der Waals surface area contributed by atoms with E-state index in [0.717, 1.165) is 21.9 Å². The maximum absolute atomic E-state index is 13.7. The van der Waals surface area contributed by atoms with Gasteiger partial charge < -0.3 is 24.4 Å². The first kappa shape index (κ1) is 28.6. The molecule has 1 saturated heterocycles. The molecule has 3 aromatic rings. The molecular weight excluding hydrogens is 530 g/mol. The van der Waals surface area contributed by atoms with Crippen molar-refractivity contribution in [3.8, 4) is 11.5 Å². The molecule has 1 heterocycles. The largest absolute Gasteiger partial charge is 0.497 e. The highest BCUT2D eigenvalue weighted by atomic mass is 32.1. The maximum Gasteiger partial charge on any atom is 0.338 e. The summed E-state index contributed by atoms with van der Waals surface area (Å²) in [4.78, 5) is 41.7. The van der Waals surface area contributed by atoms with E-state index in [1.807, 2.05) is 36.4 Å². The lowest BCUT2D eigenvalue weighted by Gasteiger charge is -2.30. The molecule has 9 nitrogen and oxygen atoms in total. The van der Waals surface area contributed by atoms with Crippen LogP contribution in [-0.4, -0.2) is 61.2 Å². The molecule has 3 aromatic carbocycles. The van der Waals surface area contributed by atoms with Gasteiger partial charge in [-0.3, -0.25) is 9.59 Å². The summed E-state index contributed by atoms with van der Waals surface area (Å²) in [6.45, 7) is 2.37. The van der Waals surface area contributed by atoms with Crippen LogP contribution < -0.4 is 19.7 Å². The summed E-state index contributed by atoms with van der Waals surface area (Å²) >= 11 is 5.76. The fraction of sp³-hybridized carbons (Fsp3) is 0.267. The van der Waals surface area contributed by atoms with Crippen molar-refractivity contribution >= 4 is 46.5 Å². The molecule has 1 aliphatic rings. The van der Waals surface area contributed by atoms with Crippen molar-refractivity contribution < 1.29 is 28.6 Å². The third-order valence-corrected chi connectivity index (χ3v) is 6.87. The van der Waals surface area contributed by atoms with Gasteiger partial charge in [-0.25, -0.2) is 9.69 Å². The molecule has 0 saturated carbocycles. The van der Waals surface area contributed by atoms with E-state index in [2.05, 4.69) is 5.32 Å². The number of thiocarbonyl (C=S) groups is 1. The Kier molecular flexibility index (Phi) is 9.34. The van der Waals surface area contributed by atoms with E-state index in [1.165, 1.54) is 0 Å². The summed E-state index contributed by atoms with van der Waals surface area (Å²) in [7, 11) is 3.20. The van der Waals surface area contributed by atoms with E-state index in [0.29, 0.717) is 35.1 Å². The van der Waals surface area contributed by atoms with E-state index >= 15 is 0 Å². The molecule has 0 aliphatic carbocycles. The number of esters is 1. The smallest absolute Gasteiger partial charge is 0.338 e. The van der Waals surface area contributed by atoms with Gasteiger partial charge in [-0.1, -0.05) is 12.1 Å². The highest BCUT2D eigenvalue weighted by Crippen LogP contribution is 2.27. The van der Waals surface area contributed by atoms with Gasteiger partial charge in [-0.15, -0.1) is 0 Å². The van der Waals surface area contributed by atoms with E-state index < -0.39 is 12.0 Å². The second kappa shape index (κ2) is 13.1. The molecule has 1 N–H and O–H groups in total. The third kappa shape index (κ3) is 6.58. The van der Waals surface area contributed by atoms with Gasteiger partial charge in [0.25, 0.3) is 5.91 Å². The first-order valence-electron chi connectivity index (χ1n) is 12.8. The number of hydrogen-bond acceptors (Lipinski definition) is 7. The highest BCUT2D eigenvalue weighted by molar-refractivity contribution is 7.80. The van der Waals surface area contributed by atoms with Crippen molar-refractivity contribution in [2.45, 2.75) is 25.8 Å². The average Bonchev–Trinajstić information content (AvgIpc) is 3.27. The number of benzene rings is 3. The third-order valence-electron chi connectivity index (χ3n) is 6.54. The Morgan fingerprint density at radius 3 is 2.12 bits per heavy atom. The van der Waals surface area contributed by atoms with Gasteiger partial charge in [0.05, 0.1) is 38.5 Å². The monoisotopic (exact) mass is 561 g/mol. The number of carbonyl (C=O) groups is 3. The van der Waals surface area contributed by atoms with Gasteiger partial charge >= 0.3 is 5.97 Å². The van der Waals surface area contributed by atoms with Gasteiger partial charge in [-0.05, 0) is 91.8 Å². The molecule has 2 amide bonds. The van der Waals surface area contributed by atoms with Gasteiger partial charge in [0.1, 0.15) is 17.5 Å². The number of hydrogen-bond donors (Lipinski definition) is 1. The minimum Gasteiger partial charge on any atom is -0.497 e. The van der Waals surface area contributed by atoms with E-state index in [9.17, 15) is 14.4 Å². The Balaban J connectivity index is 1.55. The lowest BCUT2D eigenvalue weighted by Crippen LogP contribution is -2.48. The standard InChI is InChI=1S/C30H31N3O6S/c1-4-39-29(36)21-7-11-23(12-8-21)33-27(34)19-26(28(33)35)32(18-17-20-5-13-24(37-2)14-6-20)30(40)31-22-9-15-25(38-3)16-10-22/h5-16,26H,4,17-19H2,1-3H3,(H,31,40). The predicted octanol–water partition coefficient (Wildman–Crippen LogP) is 4.45. The molecule has 1 atom stereocenters. The van der Waals surface area contributed by atoms with Crippen LogP contribution >= 0.6 is 12.2 Å². The van der Waals surface area contributed by atoms with Crippen LogP contribution in [0.2, 0.25) is 0 Å². The number of amides is 2. The minimum absolute atomic E-state index is 0.0362. The molecule has 0 radical (unpaired) electrons. The van der Waals surface area contributed by atoms with Crippen LogP contribution in [-0.2, 0) is 20.7 Å². The number of ether oxygens (including phenoxy) is 3. The summed E-state index contributed by atoms with van der Waals surface area (Å²) in [5, 5.41) is 3.52. The van der Waals surface area contributed by atoms with Crippen molar-refractivity contribution in [3.05, 3.63) is 83.9 Å². The lowest BCUT2D eigenvalue weighted by atomic mass is 10.1. The quantitative estimate of drug-likeness (QED) is 0.219. The van der Waals surface area contributed by atoms with Crippen LogP contribution in [0.25, 0.3) is 0 Å². The van der Waals surface area contributed by atoms with Crippen LogP contribution in [0.4, 0.5) is 11.4 Å². The fourth-order valence-corrected chi connectivity index (χ4v) is 4.74. The fourth-order valence-electron chi connectivity index (χ4n) is 4.40. The number of methoxy groups -OCH3 is 2. The number of rotatable bonds is 10. The zero-order valence-corrected chi connectivity index (χ0v) is 23.4. The first-order valence-corrected chi connectivity index (χ1v) is 13.2. The van der Waals surface area contributed by atoms with Crippen molar-refractivity contribution in [3.63, 3.8) is 0 Å². The van der Waals surface area contributed by atoms with Crippen molar-refractivity contribution in [2.75, 3.05) is 37.6 Å². The zero-order valence-electron chi connectivity index (χ0n) is 22.6. The Bertz CT molecular complexity index is 1360. The molecule has 0 spiro atoms. The van der Waals surface area contributed by atoms with Gasteiger partial charge in [0.15, 0.2) is 5.11 Å². The van der Waals surface area contributed by atoms with Crippen molar-refractivity contribution in [2.24, 2.45) is 0 Å².